The summed E-state index contributed by atoms with van der Waals surface area (Å²) in [6, 6.07) is 1.78. The summed E-state index contributed by atoms with van der Waals surface area (Å²) in [5.41, 5.74) is 0.815. The van der Waals surface area contributed by atoms with Crippen molar-refractivity contribution >= 4 is 5.97 Å². The van der Waals surface area contributed by atoms with Crippen LogP contribution in [0.25, 0.3) is 0 Å². The van der Waals surface area contributed by atoms with Gasteiger partial charge in [-0.1, -0.05) is 6.08 Å². The van der Waals surface area contributed by atoms with Gasteiger partial charge in [0.15, 0.2) is 0 Å². The van der Waals surface area contributed by atoms with Crippen molar-refractivity contribution in [2.45, 2.75) is 13.5 Å². The van der Waals surface area contributed by atoms with Crippen molar-refractivity contribution < 1.29 is 9.90 Å². The van der Waals surface area contributed by atoms with Crippen LogP contribution in [-0.4, -0.2) is 39.0 Å². The Morgan fingerprint density at radius 2 is 2.44 bits per heavy atom. The summed E-state index contributed by atoms with van der Waals surface area (Å²) in [6.45, 7) is 6.40. The minimum Gasteiger partial charge on any atom is -0.480 e. The molecule has 5 heteroatoms. The molecule has 0 fully saturated rings. The predicted octanol–water partition coefficient (Wildman–Crippen LogP) is 0.858. The van der Waals surface area contributed by atoms with Gasteiger partial charge in [0.25, 0.3) is 0 Å². The number of nitrogens with zero attached hydrogens (tertiary/aromatic N) is 3. The third-order valence-electron chi connectivity index (χ3n) is 1.97. The highest BCUT2D eigenvalue weighted by atomic mass is 16.4. The maximum atomic E-state index is 10.6. The normalized spacial score (nSPS) is 10.4. The summed E-state index contributed by atoms with van der Waals surface area (Å²) in [7, 11) is 0. The Kier molecular flexibility index (Phi) is 4.60. The molecule has 0 aliphatic rings. The molecular formula is C11H15N3O2. The molecule has 1 N–H and O–H groups in total. The first-order valence-electron chi connectivity index (χ1n) is 4.95. The number of rotatable bonds is 6. The van der Waals surface area contributed by atoms with Crippen LogP contribution in [0.15, 0.2) is 24.9 Å². The molecular weight excluding hydrogens is 206 g/mol. The van der Waals surface area contributed by atoms with E-state index in [0.29, 0.717) is 18.9 Å². The second-order valence-corrected chi connectivity index (χ2v) is 3.45. The van der Waals surface area contributed by atoms with Crippen molar-refractivity contribution in [3.8, 4) is 0 Å². The zero-order valence-corrected chi connectivity index (χ0v) is 9.26. The highest BCUT2D eigenvalue weighted by Crippen LogP contribution is 2.01. The smallest absolute Gasteiger partial charge is 0.317 e. The maximum Gasteiger partial charge on any atom is 0.317 e. The standard InChI is InChI=1S/C11H15N3O2/c1-3-6-14(8-11(15)16)7-10-4-5-12-9(2)13-10/h3-5H,1,6-8H2,2H3,(H,15,16). The molecule has 0 radical (unpaired) electrons. The van der Waals surface area contributed by atoms with Crippen molar-refractivity contribution in [3.63, 3.8) is 0 Å². The van der Waals surface area contributed by atoms with Gasteiger partial charge in [-0.2, -0.15) is 0 Å². The summed E-state index contributed by atoms with van der Waals surface area (Å²) in [5, 5.41) is 8.73. The fourth-order valence-corrected chi connectivity index (χ4v) is 1.38. The summed E-state index contributed by atoms with van der Waals surface area (Å²) in [5.74, 6) is -0.168. The summed E-state index contributed by atoms with van der Waals surface area (Å²) in [6.07, 6.45) is 3.35. The lowest BCUT2D eigenvalue weighted by molar-refractivity contribution is -0.138. The number of carboxylic acids is 1. The van der Waals surface area contributed by atoms with Gasteiger partial charge < -0.3 is 5.11 Å². The van der Waals surface area contributed by atoms with E-state index in [2.05, 4.69) is 16.5 Å². The summed E-state index contributed by atoms with van der Waals surface area (Å²) < 4.78 is 0. The number of aryl methyl sites for hydroxylation is 1. The number of aliphatic carboxylic acids is 1. The molecule has 1 heterocycles. The van der Waals surface area contributed by atoms with Crippen molar-refractivity contribution in [2.75, 3.05) is 13.1 Å². The van der Waals surface area contributed by atoms with Gasteiger partial charge >= 0.3 is 5.97 Å². The molecule has 0 aliphatic heterocycles. The van der Waals surface area contributed by atoms with Crippen LogP contribution in [0.5, 0.6) is 0 Å². The van der Waals surface area contributed by atoms with E-state index in [9.17, 15) is 4.79 Å². The van der Waals surface area contributed by atoms with E-state index in [1.54, 1.807) is 30.2 Å². The molecule has 0 spiro atoms. The zero-order chi connectivity index (χ0) is 12.0. The van der Waals surface area contributed by atoms with Crippen LogP contribution in [0, 0.1) is 6.92 Å². The van der Waals surface area contributed by atoms with Gasteiger partial charge in [-0.25, -0.2) is 9.97 Å². The topological polar surface area (TPSA) is 66.3 Å². The Morgan fingerprint density at radius 3 is 3.00 bits per heavy atom. The van der Waals surface area contributed by atoms with Crippen molar-refractivity contribution in [1.29, 1.82) is 0 Å². The van der Waals surface area contributed by atoms with Crippen molar-refractivity contribution in [1.82, 2.24) is 14.9 Å². The second kappa shape index (κ2) is 5.97. The lowest BCUT2D eigenvalue weighted by Crippen LogP contribution is -2.29. The Bertz CT molecular complexity index is 379. The van der Waals surface area contributed by atoms with Gasteiger partial charge in [0.2, 0.25) is 0 Å². The Labute approximate surface area is 94.5 Å². The quantitative estimate of drug-likeness (QED) is 0.721. The zero-order valence-electron chi connectivity index (χ0n) is 9.26. The third kappa shape index (κ3) is 4.18. The SMILES string of the molecule is C=CCN(CC(=O)O)Cc1ccnc(C)n1. The molecule has 0 atom stereocenters. The average Bonchev–Trinajstić information content (AvgIpc) is 2.16. The number of hydrogen-bond acceptors (Lipinski definition) is 4. The predicted molar refractivity (Wildman–Crippen MR) is 59.9 cm³/mol. The fraction of sp³-hybridized carbons (Fsp3) is 0.364. The Hall–Kier alpha value is -1.75. The minimum absolute atomic E-state index is 0.0188. The Morgan fingerprint density at radius 1 is 1.69 bits per heavy atom. The third-order valence-corrected chi connectivity index (χ3v) is 1.97. The van der Waals surface area contributed by atoms with Crippen LogP contribution in [0.1, 0.15) is 11.5 Å². The molecule has 1 rings (SSSR count). The molecule has 86 valence electrons. The van der Waals surface area contributed by atoms with Gasteiger partial charge in [0, 0.05) is 19.3 Å². The molecule has 0 saturated heterocycles. The fourth-order valence-electron chi connectivity index (χ4n) is 1.38. The van der Waals surface area contributed by atoms with Crippen LogP contribution in [0.4, 0.5) is 0 Å². The number of carboxylic acid groups (broad SMARTS) is 1. The van der Waals surface area contributed by atoms with Crippen molar-refractivity contribution in [2.24, 2.45) is 0 Å². The number of carbonyl (C=O) groups is 1. The lowest BCUT2D eigenvalue weighted by Gasteiger charge is -2.17. The van der Waals surface area contributed by atoms with Gasteiger partial charge in [-0.3, -0.25) is 9.69 Å². The van der Waals surface area contributed by atoms with Gasteiger partial charge in [0.1, 0.15) is 5.82 Å². The largest absolute Gasteiger partial charge is 0.480 e. The molecule has 0 aliphatic carbocycles. The molecule has 0 bridgehead atoms. The van der Waals surface area contributed by atoms with Crippen LogP contribution >= 0.6 is 0 Å². The van der Waals surface area contributed by atoms with Crippen molar-refractivity contribution in [3.05, 3.63) is 36.4 Å². The van der Waals surface area contributed by atoms with Gasteiger partial charge in [-0.15, -0.1) is 6.58 Å². The van der Waals surface area contributed by atoms with Crippen LogP contribution in [0.3, 0.4) is 0 Å². The van der Waals surface area contributed by atoms with E-state index < -0.39 is 5.97 Å². The molecule has 0 saturated carbocycles. The van der Waals surface area contributed by atoms with Crippen LogP contribution < -0.4 is 0 Å². The van der Waals surface area contributed by atoms with E-state index in [4.69, 9.17) is 5.11 Å². The molecule has 0 aromatic carbocycles. The monoisotopic (exact) mass is 221 g/mol. The molecule has 1 aromatic heterocycles. The minimum atomic E-state index is -0.854. The molecule has 16 heavy (non-hydrogen) atoms. The van der Waals surface area contributed by atoms with E-state index in [0.717, 1.165) is 5.69 Å². The summed E-state index contributed by atoms with van der Waals surface area (Å²) in [4.78, 5) is 20.6. The number of hydrogen-bond donors (Lipinski definition) is 1. The van der Waals surface area contributed by atoms with Gasteiger partial charge in [0.05, 0.1) is 12.2 Å². The number of aromatic nitrogens is 2. The van der Waals surface area contributed by atoms with E-state index in [1.165, 1.54) is 0 Å². The summed E-state index contributed by atoms with van der Waals surface area (Å²) >= 11 is 0. The van der Waals surface area contributed by atoms with Crippen LogP contribution in [-0.2, 0) is 11.3 Å². The Balaban J connectivity index is 2.66. The van der Waals surface area contributed by atoms with E-state index in [1.807, 2.05) is 0 Å². The highest BCUT2D eigenvalue weighted by Gasteiger charge is 2.09. The average molecular weight is 221 g/mol. The van der Waals surface area contributed by atoms with E-state index >= 15 is 0 Å². The van der Waals surface area contributed by atoms with Gasteiger partial charge in [-0.05, 0) is 13.0 Å². The molecule has 1 aromatic rings. The first-order valence-corrected chi connectivity index (χ1v) is 4.95. The lowest BCUT2D eigenvalue weighted by atomic mass is 10.3. The first-order chi connectivity index (χ1) is 7.61. The first kappa shape index (κ1) is 12.3. The molecule has 5 nitrogen and oxygen atoms in total. The highest BCUT2D eigenvalue weighted by molar-refractivity contribution is 5.69. The van der Waals surface area contributed by atoms with E-state index in [-0.39, 0.29) is 6.54 Å². The maximum absolute atomic E-state index is 10.6. The molecule has 0 unspecified atom stereocenters. The second-order valence-electron chi connectivity index (χ2n) is 3.45. The molecule has 0 amide bonds. The van der Waals surface area contributed by atoms with Crippen LogP contribution in [0.2, 0.25) is 0 Å².